The average molecular weight is 564 g/mol. The van der Waals surface area contributed by atoms with Crippen LogP contribution in [-0.4, -0.2) is 97.9 Å². The first kappa shape index (κ1) is 31.9. The zero-order valence-electron chi connectivity index (χ0n) is 22.6. The van der Waals surface area contributed by atoms with Crippen LogP contribution in [0.3, 0.4) is 0 Å². The van der Waals surface area contributed by atoms with Crippen molar-refractivity contribution < 1.29 is 39.6 Å². The molecule has 0 unspecified atom stereocenters. The lowest BCUT2D eigenvalue weighted by Crippen LogP contribution is -2.42. The first-order valence-electron chi connectivity index (χ1n) is 12.7. The molecule has 4 N–H and O–H groups in total. The van der Waals surface area contributed by atoms with Gasteiger partial charge in [0.2, 0.25) is 5.91 Å². The minimum absolute atomic E-state index is 0.180. The molecule has 1 aliphatic rings. The predicted octanol–water partition coefficient (Wildman–Crippen LogP) is 2.67. The number of likely N-dealkylation sites (N-methyl/N-ethyl adjacent to an activating group) is 1. The first-order valence-corrected chi connectivity index (χ1v) is 13.5. The Bertz CT molecular complexity index is 1130. The summed E-state index contributed by atoms with van der Waals surface area (Å²) in [5, 5.41) is 34.8. The number of nitrogens with zero attached hydrogens (tertiary/aromatic N) is 3. The number of hydrogen-bond acceptors (Lipinski definition) is 8. The van der Waals surface area contributed by atoms with E-state index in [9.17, 15) is 19.2 Å². The van der Waals surface area contributed by atoms with E-state index in [1.807, 2.05) is 18.9 Å². The van der Waals surface area contributed by atoms with Crippen LogP contribution in [0.1, 0.15) is 47.6 Å². The van der Waals surface area contributed by atoms with Gasteiger partial charge in [0.25, 0.3) is 0 Å². The molecule has 1 fully saturated rings. The molecule has 2 aromatic rings. The average Bonchev–Trinajstić information content (AvgIpc) is 3.22. The highest BCUT2D eigenvalue weighted by Crippen LogP contribution is 2.29. The first-order chi connectivity index (χ1) is 18.3. The zero-order chi connectivity index (χ0) is 29.2. The minimum Gasteiger partial charge on any atom is -0.481 e. The van der Waals surface area contributed by atoms with Gasteiger partial charge in [0.1, 0.15) is 0 Å². The molecule has 1 amide bonds. The number of aliphatic hydroxyl groups is 1. The van der Waals surface area contributed by atoms with Crippen molar-refractivity contribution in [3.8, 4) is 11.3 Å². The number of aromatic nitrogens is 1. The summed E-state index contributed by atoms with van der Waals surface area (Å²) in [6, 6.07) is 8.39. The van der Waals surface area contributed by atoms with Crippen molar-refractivity contribution in [2.75, 3.05) is 33.2 Å². The van der Waals surface area contributed by atoms with Gasteiger partial charge in [0.05, 0.1) is 30.0 Å². The largest absolute Gasteiger partial charge is 0.481 e. The van der Waals surface area contributed by atoms with Crippen LogP contribution in [0.15, 0.2) is 24.3 Å². The van der Waals surface area contributed by atoms with Crippen molar-refractivity contribution in [1.82, 2.24) is 14.8 Å². The Hall–Kier alpha value is -3.35. The van der Waals surface area contributed by atoms with E-state index < -0.39 is 36.4 Å². The Labute approximate surface area is 231 Å². The van der Waals surface area contributed by atoms with E-state index >= 15 is 0 Å². The number of thiazole rings is 1. The SMILES string of the molecule is Cc1ccc(-c2nc(C)sc2CC(=O)N(C)CCN2CCCCC2)cc1.O=C(O)CC(O)(CC(=O)O)C(=O)O. The summed E-state index contributed by atoms with van der Waals surface area (Å²) in [7, 11) is 1.92. The number of likely N-dealkylation sites (tertiary alicyclic amines) is 1. The second-order valence-corrected chi connectivity index (χ2v) is 11.0. The molecule has 0 spiro atoms. The smallest absolute Gasteiger partial charge is 0.336 e. The summed E-state index contributed by atoms with van der Waals surface area (Å²) in [6.07, 6.45) is 2.07. The number of amides is 1. The van der Waals surface area contributed by atoms with Gasteiger partial charge in [0, 0.05) is 30.6 Å². The monoisotopic (exact) mass is 563 g/mol. The number of benzene rings is 1. The summed E-state index contributed by atoms with van der Waals surface area (Å²) in [6.45, 7) is 8.22. The van der Waals surface area contributed by atoms with Crippen LogP contribution < -0.4 is 0 Å². The maximum atomic E-state index is 12.7. The number of piperidine rings is 1. The Balaban J connectivity index is 0.000000349. The molecule has 1 aliphatic heterocycles. The van der Waals surface area contributed by atoms with Crippen molar-refractivity contribution in [2.24, 2.45) is 0 Å². The van der Waals surface area contributed by atoms with Gasteiger partial charge in [-0.3, -0.25) is 14.4 Å². The zero-order valence-corrected chi connectivity index (χ0v) is 23.4. The topological polar surface area (TPSA) is 169 Å². The molecule has 12 heteroatoms. The van der Waals surface area contributed by atoms with Gasteiger partial charge < -0.3 is 30.2 Å². The highest BCUT2D eigenvalue weighted by Gasteiger charge is 2.40. The number of hydrogen-bond donors (Lipinski definition) is 4. The standard InChI is InChI=1S/C21H29N3OS.C6H8O7/c1-16-7-9-18(10-8-16)21-19(26-17(2)22-21)15-20(25)23(3)13-14-24-11-5-4-6-12-24;7-3(8)1-6(13,5(11)12)2-4(9)10/h7-10H,4-6,11-15H2,1-3H3;13H,1-2H2,(H,7,8)(H,9,10)(H,11,12). The van der Waals surface area contributed by atoms with Crippen LogP contribution in [0.5, 0.6) is 0 Å². The van der Waals surface area contributed by atoms with Crippen molar-refractivity contribution >= 4 is 35.2 Å². The van der Waals surface area contributed by atoms with E-state index in [4.69, 9.17) is 20.4 Å². The van der Waals surface area contributed by atoms with Gasteiger partial charge >= 0.3 is 17.9 Å². The lowest BCUT2D eigenvalue weighted by Gasteiger charge is -2.28. The van der Waals surface area contributed by atoms with Gasteiger partial charge in [-0.1, -0.05) is 36.2 Å². The van der Waals surface area contributed by atoms with E-state index in [0.717, 1.165) is 34.2 Å². The number of aryl methyl sites for hydroxylation is 2. The molecule has 1 aromatic carbocycles. The van der Waals surface area contributed by atoms with Gasteiger partial charge in [0.15, 0.2) is 5.60 Å². The third kappa shape index (κ3) is 10.4. The van der Waals surface area contributed by atoms with Crippen LogP contribution in [0.4, 0.5) is 0 Å². The van der Waals surface area contributed by atoms with Crippen LogP contribution in [-0.2, 0) is 25.6 Å². The van der Waals surface area contributed by atoms with Gasteiger partial charge in [-0.15, -0.1) is 11.3 Å². The third-order valence-electron chi connectivity index (χ3n) is 6.35. The summed E-state index contributed by atoms with van der Waals surface area (Å²) in [4.78, 5) is 53.3. The van der Waals surface area contributed by atoms with Crippen molar-refractivity contribution in [2.45, 2.75) is 58.0 Å². The number of aliphatic carboxylic acids is 3. The van der Waals surface area contributed by atoms with E-state index in [1.54, 1.807) is 11.3 Å². The maximum Gasteiger partial charge on any atom is 0.336 e. The van der Waals surface area contributed by atoms with Crippen LogP contribution >= 0.6 is 11.3 Å². The summed E-state index contributed by atoms with van der Waals surface area (Å²) in [5.41, 5.74) is 0.553. The Morgan fingerprint density at radius 2 is 1.54 bits per heavy atom. The fourth-order valence-corrected chi connectivity index (χ4v) is 5.06. The lowest BCUT2D eigenvalue weighted by atomic mass is 9.96. The molecule has 2 heterocycles. The number of carbonyl (C=O) groups excluding carboxylic acids is 1. The number of carboxylic acid groups (broad SMARTS) is 3. The highest BCUT2D eigenvalue weighted by molar-refractivity contribution is 7.12. The summed E-state index contributed by atoms with van der Waals surface area (Å²) >= 11 is 1.64. The molecule has 39 heavy (non-hydrogen) atoms. The van der Waals surface area contributed by atoms with E-state index in [2.05, 4.69) is 41.1 Å². The molecular weight excluding hydrogens is 526 g/mol. The van der Waals surface area contributed by atoms with E-state index in [0.29, 0.717) is 6.42 Å². The number of carboxylic acids is 3. The normalized spacial score (nSPS) is 13.7. The molecule has 214 valence electrons. The second-order valence-electron chi connectivity index (χ2n) is 9.74. The van der Waals surface area contributed by atoms with Gasteiger partial charge in [-0.2, -0.15) is 0 Å². The fourth-order valence-electron chi connectivity index (χ4n) is 4.11. The Morgan fingerprint density at radius 1 is 0.974 bits per heavy atom. The van der Waals surface area contributed by atoms with Crippen molar-refractivity contribution in [1.29, 1.82) is 0 Å². The molecule has 0 radical (unpaired) electrons. The molecule has 11 nitrogen and oxygen atoms in total. The Morgan fingerprint density at radius 3 is 2.05 bits per heavy atom. The molecular formula is C27H37N3O8S. The van der Waals surface area contributed by atoms with Crippen LogP contribution in [0.25, 0.3) is 11.3 Å². The molecule has 1 saturated heterocycles. The third-order valence-corrected chi connectivity index (χ3v) is 7.32. The molecule has 1 aromatic heterocycles. The second kappa shape index (κ2) is 14.7. The molecule has 3 rings (SSSR count). The lowest BCUT2D eigenvalue weighted by molar-refractivity contribution is -0.170. The fraction of sp³-hybridized carbons (Fsp3) is 0.519. The van der Waals surface area contributed by atoms with E-state index in [-0.39, 0.29) is 5.91 Å². The van der Waals surface area contributed by atoms with Crippen molar-refractivity contribution in [3.63, 3.8) is 0 Å². The van der Waals surface area contributed by atoms with E-state index in [1.165, 1.54) is 37.9 Å². The molecule has 0 bridgehead atoms. The van der Waals surface area contributed by atoms with Crippen molar-refractivity contribution in [3.05, 3.63) is 39.7 Å². The van der Waals surface area contributed by atoms with Gasteiger partial charge in [-0.05, 0) is 39.8 Å². The highest BCUT2D eigenvalue weighted by atomic mass is 32.1. The van der Waals surface area contributed by atoms with Crippen LogP contribution in [0.2, 0.25) is 0 Å². The molecule has 0 aliphatic carbocycles. The van der Waals surface area contributed by atoms with Crippen LogP contribution in [0, 0.1) is 13.8 Å². The number of rotatable bonds is 11. The molecule has 0 saturated carbocycles. The predicted molar refractivity (Wildman–Crippen MR) is 146 cm³/mol. The number of carbonyl (C=O) groups is 4. The quantitative estimate of drug-likeness (QED) is 0.319. The maximum absolute atomic E-state index is 12.7. The molecule has 0 atom stereocenters. The summed E-state index contributed by atoms with van der Waals surface area (Å²) in [5.74, 6) is -4.84. The van der Waals surface area contributed by atoms with Gasteiger partial charge in [-0.25, -0.2) is 9.78 Å². The minimum atomic E-state index is -2.74. The summed E-state index contributed by atoms with van der Waals surface area (Å²) < 4.78 is 0. The Kier molecular flexibility index (Phi) is 12.0.